The maximum atomic E-state index is 12.9. The number of carbonyl (C=O) groups is 2. The molecule has 2 aromatic rings. The van der Waals surface area contributed by atoms with Crippen molar-refractivity contribution in [1.82, 2.24) is 14.4 Å². The van der Waals surface area contributed by atoms with Crippen LogP contribution in [0.2, 0.25) is 0 Å². The van der Waals surface area contributed by atoms with E-state index in [-0.39, 0.29) is 11.7 Å². The molecule has 0 radical (unpaired) electrons. The number of ketones is 1. The number of methoxy groups -OCH3 is 1. The van der Waals surface area contributed by atoms with Crippen LogP contribution in [0.25, 0.3) is 0 Å². The minimum absolute atomic E-state index is 0.00959. The Kier molecular flexibility index (Phi) is 6.42. The lowest BCUT2D eigenvalue weighted by Gasteiger charge is -2.34. The summed E-state index contributed by atoms with van der Waals surface area (Å²) < 4.78 is 7.42. The van der Waals surface area contributed by atoms with Crippen molar-refractivity contribution in [2.24, 2.45) is 0 Å². The van der Waals surface area contributed by atoms with Gasteiger partial charge in [0.2, 0.25) is 0 Å². The summed E-state index contributed by atoms with van der Waals surface area (Å²) in [6, 6.07) is 9.57. The first kappa shape index (κ1) is 21.1. The van der Waals surface area contributed by atoms with Gasteiger partial charge in [0.1, 0.15) is 5.75 Å². The van der Waals surface area contributed by atoms with Gasteiger partial charge < -0.3 is 14.2 Å². The summed E-state index contributed by atoms with van der Waals surface area (Å²) in [7, 11) is 1.60. The van der Waals surface area contributed by atoms with E-state index in [0.717, 1.165) is 17.0 Å². The smallest absolute Gasteiger partial charge is 0.254 e. The Hall–Kier alpha value is -2.60. The van der Waals surface area contributed by atoms with E-state index in [1.165, 1.54) is 0 Å². The van der Waals surface area contributed by atoms with Crippen molar-refractivity contribution in [1.29, 1.82) is 0 Å². The van der Waals surface area contributed by atoms with Crippen molar-refractivity contribution in [3.05, 3.63) is 52.8 Å². The molecule has 156 valence electrons. The number of ether oxygens (including phenoxy) is 1. The number of nitrogens with zero attached hydrogens (tertiary/aromatic N) is 3. The van der Waals surface area contributed by atoms with Crippen molar-refractivity contribution < 1.29 is 14.3 Å². The second-order valence-electron chi connectivity index (χ2n) is 7.97. The number of aromatic nitrogens is 1. The number of Topliss-reactive ketones (excluding diaryl/α,β-unsaturated/α-hetero) is 1. The van der Waals surface area contributed by atoms with Crippen LogP contribution in [0.3, 0.4) is 0 Å². The Labute approximate surface area is 173 Å². The number of benzene rings is 1. The van der Waals surface area contributed by atoms with Gasteiger partial charge in [0.05, 0.1) is 13.7 Å². The van der Waals surface area contributed by atoms with Crippen LogP contribution in [0.1, 0.15) is 52.0 Å². The number of hydrogen-bond acceptors (Lipinski definition) is 4. The van der Waals surface area contributed by atoms with Gasteiger partial charge in [0.25, 0.3) is 5.91 Å². The van der Waals surface area contributed by atoms with E-state index in [9.17, 15) is 9.59 Å². The molecule has 1 fully saturated rings. The first-order chi connectivity index (χ1) is 13.8. The van der Waals surface area contributed by atoms with E-state index in [2.05, 4.69) is 23.3 Å². The van der Waals surface area contributed by atoms with Gasteiger partial charge in [0, 0.05) is 54.7 Å². The largest absolute Gasteiger partial charge is 0.497 e. The zero-order valence-corrected chi connectivity index (χ0v) is 18.1. The monoisotopic (exact) mass is 397 g/mol. The molecule has 2 heterocycles. The molecule has 0 atom stereocenters. The van der Waals surface area contributed by atoms with Crippen molar-refractivity contribution in [2.75, 3.05) is 39.8 Å². The summed E-state index contributed by atoms with van der Waals surface area (Å²) in [5.41, 5.74) is 3.60. The third-order valence-corrected chi connectivity index (χ3v) is 5.64. The molecule has 1 saturated heterocycles. The predicted octanol–water partition coefficient (Wildman–Crippen LogP) is 3.34. The van der Waals surface area contributed by atoms with Gasteiger partial charge in [0.15, 0.2) is 5.78 Å². The van der Waals surface area contributed by atoms with Gasteiger partial charge >= 0.3 is 0 Å². The summed E-state index contributed by atoms with van der Waals surface area (Å²) in [5, 5.41) is 0. The van der Waals surface area contributed by atoms with Crippen molar-refractivity contribution in [2.45, 2.75) is 33.7 Å². The lowest BCUT2D eigenvalue weighted by atomic mass is 10.1. The second-order valence-corrected chi connectivity index (χ2v) is 7.97. The van der Waals surface area contributed by atoms with Gasteiger partial charge in [-0.3, -0.25) is 14.5 Å². The van der Waals surface area contributed by atoms with E-state index < -0.39 is 0 Å². The van der Waals surface area contributed by atoms with Crippen LogP contribution >= 0.6 is 0 Å². The molecule has 0 N–H and O–H groups in total. The van der Waals surface area contributed by atoms with Crippen LogP contribution in [0.4, 0.5) is 0 Å². The fourth-order valence-corrected chi connectivity index (χ4v) is 4.19. The molecule has 1 aromatic heterocycles. The van der Waals surface area contributed by atoms with E-state index in [1.54, 1.807) is 13.2 Å². The molecule has 0 unspecified atom stereocenters. The molecule has 0 aliphatic carbocycles. The second kappa shape index (κ2) is 8.82. The molecule has 1 aromatic carbocycles. The molecule has 3 rings (SSSR count). The van der Waals surface area contributed by atoms with Crippen molar-refractivity contribution in [3.63, 3.8) is 0 Å². The lowest BCUT2D eigenvalue weighted by Crippen LogP contribution is -2.49. The van der Waals surface area contributed by atoms with Crippen molar-refractivity contribution >= 4 is 11.7 Å². The third-order valence-electron chi connectivity index (χ3n) is 5.64. The maximum Gasteiger partial charge on any atom is 0.254 e. The molecule has 0 saturated carbocycles. The van der Waals surface area contributed by atoms with Crippen LogP contribution in [-0.4, -0.2) is 65.9 Å². The number of rotatable bonds is 6. The molecular formula is C23H31N3O3. The number of piperazine rings is 1. The summed E-state index contributed by atoms with van der Waals surface area (Å²) in [5.74, 6) is 0.840. The predicted molar refractivity (Wildman–Crippen MR) is 114 cm³/mol. The Morgan fingerprint density at radius 3 is 2.34 bits per heavy atom. The molecule has 0 bridgehead atoms. The van der Waals surface area contributed by atoms with Gasteiger partial charge in [-0.1, -0.05) is 6.07 Å². The fourth-order valence-electron chi connectivity index (χ4n) is 4.19. The standard InChI is InChI=1S/C23H31N3O3/c1-16(2)26-17(3)13-21(18(26)4)22(27)15-24-9-11-25(12-10-24)23(28)19-7-6-8-20(14-19)29-5/h6-8,13-14,16H,9-12,15H2,1-5H3. The van der Waals surface area contributed by atoms with Crippen LogP contribution in [0.5, 0.6) is 5.75 Å². The number of carbonyl (C=O) groups excluding carboxylic acids is 2. The van der Waals surface area contributed by atoms with Crippen LogP contribution in [0.15, 0.2) is 30.3 Å². The van der Waals surface area contributed by atoms with Gasteiger partial charge in [-0.15, -0.1) is 0 Å². The van der Waals surface area contributed by atoms with Gasteiger partial charge in [-0.2, -0.15) is 0 Å². The van der Waals surface area contributed by atoms with Crippen LogP contribution in [0, 0.1) is 13.8 Å². The summed E-state index contributed by atoms with van der Waals surface area (Å²) in [4.78, 5) is 29.6. The Bertz CT molecular complexity index is 893. The molecule has 1 amide bonds. The molecular weight excluding hydrogens is 366 g/mol. The molecule has 6 heteroatoms. The number of hydrogen-bond donors (Lipinski definition) is 0. The average molecular weight is 398 g/mol. The number of amides is 1. The number of aryl methyl sites for hydroxylation is 1. The molecule has 1 aliphatic rings. The minimum Gasteiger partial charge on any atom is -0.497 e. The summed E-state index contributed by atoms with van der Waals surface area (Å²) in [6.07, 6.45) is 0. The van der Waals surface area contributed by atoms with E-state index in [1.807, 2.05) is 43.0 Å². The Morgan fingerprint density at radius 1 is 1.07 bits per heavy atom. The maximum absolute atomic E-state index is 12.9. The Balaban J connectivity index is 1.59. The first-order valence-electron chi connectivity index (χ1n) is 10.2. The van der Waals surface area contributed by atoms with Crippen molar-refractivity contribution in [3.8, 4) is 5.75 Å². The molecule has 6 nitrogen and oxygen atoms in total. The highest BCUT2D eigenvalue weighted by molar-refractivity contribution is 5.99. The fraction of sp³-hybridized carbons (Fsp3) is 0.478. The highest BCUT2D eigenvalue weighted by Gasteiger charge is 2.25. The van der Waals surface area contributed by atoms with E-state index in [4.69, 9.17) is 4.74 Å². The normalized spacial score (nSPS) is 15.0. The highest BCUT2D eigenvalue weighted by Crippen LogP contribution is 2.21. The average Bonchev–Trinajstić information content (AvgIpc) is 3.02. The first-order valence-corrected chi connectivity index (χ1v) is 10.2. The summed E-state index contributed by atoms with van der Waals surface area (Å²) >= 11 is 0. The SMILES string of the molecule is COc1cccc(C(=O)N2CCN(CC(=O)c3cc(C)n(C(C)C)c3C)CC2)c1. The third kappa shape index (κ3) is 4.53. The van der Waals surface area contributed by atoms with Crippen LogP contribution in [-0.2, 0) is 0 Å². The molecule has 0 spiro atoms. The highest BCUT2D eigenvalue weighted by atomic mass is 16.5. The quantitative estimate of drug-likeness (QED) is 0.702. The zero-order chi connectivity index (χ0) is 21.1. The van der Waals surface area contributed by atoms with Gasteiger partial charge in [-0.25, -0.2) is 0 Å². The zero-order valence-electron chi connectivity index (χ0n) is 18.1. The van der Waals surface area contributed by atoms with Gasteiger partial charge in [-0.05, 0) is 52.0 Å². The van der Waals surface area contributed by atoms with Crippen LogP contribution < -0.4 is 4.74 Å². The topological polar surface area (TPSA) is 54.8 Å². The van der Waals surface area contributed by atoms with E-state index in [0.29, 0.717) is 50.1 Å². The minimum atomic E-state index is 0.00959. The Morgan fingerprint density at radius 2 is 1.76 bits per heavy atom. The lowest BCUT2D eigenvalue weighted by molar-refractivity contribution is 0.0624. The molecule has 1 aliphatic heterocycles. The molecule has 29 heavy (non-hydrogen) atoms. The van der Waals surface area contributed by atoms with E-state index >= 15 is 0 Å². The summed E-state index contributed by atoms with van der Waals surface area (Å²) in [6.45, 7) is 11.4.